The topological polar surface area (TPSA) is 20.2 Å². The third-order valence-corrected chi connectivity index (χ3v) is 2.93. The van der Waals surface area contributed by atoms with Gasteiger partial charge in [-0.3, -0.25) is 0 Å². The van der Waals surface area contributed by atoms with Crippen molar-refractivity contribution in [2.24, 2.45) is 0 Å². The van der Waals surface area contributed by atoms with E-state index in [-0.39, 0.29) is 0 Å². The Morgan fingerprint density at radius 2 is 1.84 bits per heavy atom. The van der Waals surface area contributed by atoms with Crippen LogP contribution in [0.3, 0.4) is 0 Å². The third-order valence-electron chi connectivity index (χ3n) is 2.93. The molecule has 0 aliphatic carbocycles. The zero-order valence-electron chi connectivity index (χ0n) is 12.4. The van der Waals surface area contributed by atoms with E-state index in [1.165, 1.54) is 25.7 Å². The average Bonchev–Trinajstić information content (AvgIpc) is 2.41. The van der Waals surface area contributed by atoms with E-state index in [0.717, 1.165) is 38.5 Å². The first-order valence-corrected chi connectivity index (χ1v) is 7.58. The van der Waals surface area contributed by atoms with Crippen LogP contribution in [0.1, 0.15) is 71.1 Å². The van der Waals surface area contributed by atoms with Gasteiger partial charge in [0.1, 0.15) is 6.10 Å². The Bertz CT molecular complexity index is 321. The van der Waals surface area contributed by atoms with Crippen LogP contribution in [0, 0.1) is 23.7 Å². The molecule has 0 fully saturated rings. The van der Waals surface area contributed by atoms with E-state index in [2.05, 4.69) is 37.2 Å². The zero-order chi connectivity index (χ0) is 14.2. The minimum atomic E-state index is -0.503. The Kier molecular flexibility index (Phi) is 14.0. The first-order valence-electron chi connectivity index (χ1n) is 7.58. The van der Waals surface area contributed by atoms with Crippen LogP contribution in [0.4, 0.5) is 0 Å². The fourth-order valence-corrected chi connectivity index (χ4v) is 1.74. The second-order valence-corrected chi connectivity index (χ2v) is 4.82. The molecule has 106 valence electrons. The maximum Gasteiger partial charge on any atom is 0.115 e. The summed E-state index contributed by atoms with van der Waals surface area (Å²) in [4.78, 5) is 0. The van der Waals surface area contributed by atoms with Gasteiger partial charge in [0.15, 0.2) is 0 Å². The summed E-state index contributed by atoms with van der Waals surface area (Å²) in [7, 11) is 0. The summed E-state index contributed by atoms with van der Waals surface area (Å²) in [5.74, 6) is 11.4. The van der Waals surface area contributed by atoms with Crippen LogP contribution in [-0.2, 0) is 0 Å². The van der Waals surface area contributed by atoms with E-state index in [4.69, 9.17) is 0 Å². The molecular formula is C18H28O. The van der Waals surface area contributed by atoms with Crippen LogP contribution in [0.2, 0.25) is 0 Å². The molecule has 0 aromatic carbocycles. The number of hydrogen-bond acceptors (Lipinski definition) is 1. The molecule has 0 spiro atoms. The summed E-state index contributed by atoms with van der Waals surface area (Å²) in [5.41, 5.74) is 0. The van der Waals surface area contributed by atoms with E-state index >= 15 is 0 Å². The predicted molar refractivity (Wildman–Crippen MR) is 83.6 cm³/mol. The van der Waals surface area contributed by atoms with Gasteiger partial charge in [0, 0.05) is 6.42 Å². The largest absolute Gasteiger partial charge is 0.380 e. The summed E-state index contributed by atoms with van der Waals surface area (Å²) in [6, 6.07) is 0. The summed E-state index contributed by atoms with van der Waals surface area (Å²) < 4.78 is 0. The number of hydrogen-bond donors (Lipinski definition) is 1. The van der Waals surface area contributed by atoms with Gasteiger partial charge in [-0.25, -0.2) is 0 Å². The van der Waals surface area contributed by atoms with Crippen LogP contribution in [-0.4, -0.2) is 11.2 Å². The summed E-state index contributed by atoms with van der Waals surface area (Å²) in [6.07, 6.45) is 12.5. The van der Waals surface area contributed by atoms with Crippen molar-refractivity contribution in [3.8, 4) is 23.7 Å². The fraction of sp³-hybridized carbons (Fsp3) is 0.667. The minimum Gasteiger partial charge on any atom is -0.380 e. The highest BCUT2D eigenvalue weighted by Crippen LogP contribution is 2.06. The van der Waals surface area contributed by atoms with Gasteiger partial charge in [-0.15, -0.1) is 6.58 Å². The van der Waals surface area contributed by atoms with Crippen molar-refractivity contribution in [3.05, 3.63) is 12.7 Å². The van der Waals surface area contributed by atoms with Crippen LogP contribution in [0.5, 0.6) is 0 Å². The highest BCUT2D eigenvalue weighted by molar-refractivity contribution is 5.27. The van der Waals surface area contributed by atoms with Crippen LogP contribution >= 0.6 is 0 Å². The van der Waals surface area contributed by atoms with Crippen LogP contribution < -0.4 is 0 Å². The molecule has 1 atom stereocenters. The molecule has 1 N–H and O–H groups in total. The SMILES string of the molecule is C=CCCCCC#CC#CC(O)CCCCCCC. The maximum absolute atomic E-state index is 9.63. The molecule has 19 heavy (non-hydrogen) atoms. The molecule has 0 saturated carbocycles. The van der Waals surface area contributed by atoms with Crippen molar-refractivity contribution in [1.29, 1.82) is 0 Å². The van der Waals surface area contributed by atoms with Crippen molar-refractivity contribution < 1.29 is 5.11 Å². The number of rotatable bonds is 10. The Labute approximate surface area is 119 Å². The Balaban J connectivity index is 3.53. The second kappa shape index (κ2) is 14.9. The summed E-state index contributed by atoms with van der Waals surface area (Å²) >= 11 is 0. The minimum absolute atomic E-state index is 0.503. The van der Waals surface area contributed by atoms with Crippen molar-refractivity contribution in [2.45, 2.75) is 77.2 Å². The lowest BCUT2D eigenvalue weighted by molar-refractivity contribution is 0.217. The first kappa shape index (κ1) is 17.8. The molecule has 0 rings (SSSR count). The molecule has 0 bridgehead atoms. The van der Waals surface area contributed by atoms with Gasteiger partial charge in [0.05, 0.1) is 0 Å². The predicted octanol–water partition coefficient (Wildman–Crippen LogP) is 4.46. The summed E-state index contributed by atoms with van der Waals surface area (Å²) in [6.45, 7) is 5.89. The fourth-order valence-electron chi connectivity index (χ4n) is 1.74. The Morgan fingerprint density at radius 1 is 1.05 bits per heavy atom. The molecule has 0 amide bonds. The number of aliphatic hydroxyl groups excluding tert-OH is 1. The molecule has 0 radical (unpaired) electrons. The molecule has 0 aliphatic rings. The van der Waals surface area contributed by atoms with Gasteiger partial charge in [-0.1, -0.05) is 50.5 Å². The molecular weight excluding hydrogens is 232 g/mol. The third kappa shape index (κ3) is 14.8. The van der Waals surface area contributed by atoms with Crippen LogP contribution in [0.25, 0.3) is 0 Å². The van der Waals surface area contributed by atoms with E-state index in [1.54, 1.807) is 0 Å². The van der Waals surface area contributed by atoms with Crippen molar-refractivity contribution in [3.63, 3.8) is 0 Å². The lowest BCUT2D eigenvalue weighted by Gasteiger charge is -2.02. The number of aliphatic hydroxyl groups is 1. The molecule has 0 heterocycles. The van der Waals surface area contributed by atoms with Gasteiger partial charge in [0.25, 0.3) is 0 Å². The van der Waals surface area contributed by atoms with Gasteiger partial charge in [-0.2, -0.15) is 0 Å². The van der Waals surface area contributed by atoms with Crippen LogP contribution in [0.15, 0.2) is 12.7 Å². The van der Waals surface area contributed by atoms with E-state index in [0.29, 0.717) is 0 Å². The molecule has 0 aromatic heterocycles. The smallest absolute Gasteiger partial charge is 0.115 e. The summed E-state index contributed by atoms with van der Waals surface area (Å²) in [5, 5.41) is 9.63. The standard InChI is InChI=1S/C18H28O/c1-3-5-7-9-10-11-13-15-17-18(19)16-14-12-8-6-4-2/h3,18-19H,1,4-10,12,14,16H2,2H3. The monoisotopic (exact) mass is 260 g/mol. The molecule has 0 aliphatic heterocycles. The van der Waals surface area contributed by atoms with E-state index < -0.39 is 6.10 Å². The normalized spacial score (nSPS) is 10.8. The number of allylic oxidation sites excluding steroid dienone is 1. The lowest BCUT2D eigenvalue weighted by Crippen LogP contribution is -2.01. The zero-order valence-corrected chi connectivity index (χ0v) is 12.4. The molecule has 1 unspecified atom stereocenters. The van der Waals surface area contributed by atoms with Gasteiger partial charge < -0.3 is 5.11 Å². The molecule has 0 aromatic rings. The highest BCUT2D eigenvalue weighted by Gasteiger charge is 1.97. The Morgan fingerprint density at radius 3 is 2.58 bits per heavy atom. The molecule has 1 heteroatoms. The first-order chi connectivity index (χ1) is 9.31. The van der Waals surface area contributed by atoms with E-state index in [1.807, 2.05) is 6.08 Å². The molecule has 0 saturated heterocycles. The van der Waals surface area contributed by atoms with Crippen molar-refractivity contribution in [1.82, 2.24) is 0 Å². The lowest BCUT2D eigenvalue weighted by atomic mass is 10.1. The van der Waals surface area contributed by atoms with Crippen molar-refractivity contribution >= 4 is 0 Å². The number of unbranched alkanes of at least 4 members (excludes halogenated alkanes) is 7. The van der Waals surface area contributed by atoms with E-state index in [9.17, 15) is 5.11 Å². The van der Waals surface area contributed by atoms with Gasteiger partial charge in [-0.05, 0) is 43.9 Å². The average molecular weight is 260 g/mol. The molecule has 1 nitrogen and oxygen atoms in total. The van der Waals surface area contributed by atoms with Crippen molar-refractivity contribution in [2.75, 3.05) is 0 Å². The maximum atomic E-state index is 9.63. The second-order valence-electron chi connectivity index (χ2n) is 4.82. The quantitative estimate of drug-likeness (QED) is 0.349. The van der Waals surface area contributed by atoms with Gasteiger partial charge in [0.2, 0.25) is 0 Å². The highest BCUT2D eigenvalue weighted by atomic mass is 16.3. The Hall–Kier alpha value is -1.18. The van der Waals surface area contributed by atoms with Gasteiger partial charge >= 0.3 is 0 Å².